The van der Waals surface area contributed by atoms with E-state index < -0.39 is 11.6 Å². The highest BCUT2D eigenvalue weighted by molar-refractivity contribution is 6.18. The fourth-order valence-corrected chi connectivity index (χ4v) is 2.56. The van der Waals surface area contributed by atoms with Crippen molar-refractivity contribution in [1.29, 1.82) is 0 Å². The predicted molar refractivity (Wildman–Crippen MR) is 75.5 cm³/mol. The highest BCUT2D eigenvalue weighted by Crippen LogP contribution is 2.33. The van der Waals surface area contributed by atoms with Crippen LogP contribution in [0.1, 0.15) is 0 Å². The largest absolute Gasteiger partial charge is 0.578 e. The van der Waals surface area contributed by atoms with E-state index in [2.05, 4.69) is 0 Å². The van der Waals surface area contributed by atoms with Gasteiger partial charge in [0.15, 0.2) is 5.43 Å². The number of hydrogen-bond donors (Lipinski definition) is 0. The first-order chi connectivity index (χ1) is 10.1. The van der Waals surface area contributed by atoms with E-state index in [-0.39, 0.29) is 16.4 Å². The molecule has 0 amide bonds. The SMILES string of the molecule is O=c1ccc2c(c1)oc(=O)c1c([O-])oc3ccccc3c12. The van der Waals surface area contributed by atoms with E-state index in [0.717, 1.165) is 0 Å². The molecule has 5 heteroatoms. The molecule has 0 unspecified atom stereocenters. The molecule has 0 atom stereocenters. The smallest absolute Gasteiger partial charge is 0.346 e. The predicted octanol–water partition coefficient (Wildman–Crippen LogP) is 2.13. The van der Waals surface area contributed by atoms with E-state index in [9.17, 15) is 14.7 Å². The monoisotopic (exact) mass is 279 g/mol. The van der Waals surface area contributed by atoms with E-state index in [0.29, 0.717) is 21.7 Å². The van der Waals surface area contributed by atoms with Crippen molar-refractivity contribution in [2.24, 2.45) is 0 Å². The van der Waals surface area contributed by atoms with Crippen LogP contribution in [0.15, 0.2) is 60.9 Å². The number of para-hydroxylation sites is 1. The standard InChI is InChI=1S/C16H8O5/c17-8-5-6-10-12(7-8)21-16(19)14-13(10)9-3-1-2-4-11(9)20-15(14)18/h1-7,18H/p-1. The van der Waals surface area contributed by atoms with Crippen LogP contribution in [-0.2, 0) is 0 Å². The van der Waals surface area contributed by atoms with Gasteiger partial charge in [-0.2, -0.15) is 0 Å². The first-order valence-electron chi connectivity index (χ1n) is 6.24. The van der Waals surface area contributed by atoms with Gasteiger partial charge in [-0.25, -0.2) is 4.79 Å². The van der Waals surface area contributed by atoms with E-state index in [1.54, 1.807) is 30.3 Å². The van der Waals surface area contributed by atoms with Crippen molar-refractivity contribution in [3.8, 4) is 5.95 Å². The molecule has 4 aromatic rings. The zero-order chi connectivity index (χ0) is 14.6. The van der Waals surface area contributed by atoms with Gasteiger partial charge in [-0.1, -0.05) is 18.2 Å². The van der Waals surface area contributed by atoms with Crippen LogP contribution in [0.25, 0.3) is 32.7 Å². The molecule has 0 saturated heterocycles. The molecule has 0 fully saturated rings. The van der Waals surface area contributed by atoms with E-state index in [1.165, 1.54) is 12.1 Å². The molecular weight excluding hydrogens is 272 g/mol. The molecule has 21 heavy (non-hydrogen) atoms. The molecule has 2 aromatic heterocycles. The Bertz CT molecular complexity index is 1130. The minimum absolute atomic E-state index is 0.139. The summed E-state index contributed by atoms with van der Waals surface area (Å²) in [6.07, 6.45) is 0. The summed E-state index contributed by atoms with van der Waals surface area (Å²) >= 11 is 0. The second kappa shape index (κ2) is 3.96. The number of benzene rings is 2. The van der Waals surface area contributed by atoms with Gasteiger partial charge in [-0.3, -0.25) is 4.79 Å². The summed E-state index contributed by atoms with van der Waals surface area (Å²) in [6, 6.07) is 11.1. The molecule has 0 aliphatic carbocycles. The normalized spacial score (nSPS) is 11.4. The van der Waals surface area contributed by atoms with Gasteiger partial charge in [0.1, 0.15) is 5.58 Å². The summed E-state index contributed by atoms with van der Waals surface area (Å²) < 4.78 is 10.2. The Morgan fingerprint density at radius 3 is 2.43 bits per heavy atom. The fraction of sp³-hybridized carbons (Fsp3) is 0. The highest BCUT2D eigenvalue weighted by Gasteiger charge is 2.12. The zero-order valence-corrected chi connectivity index (χ0v) is 10.6. The number of fused-ring (bicyclic) bond motifs is 5. The summed E-state index contributed by atoms with van der Waals surface area (Å²) in [5, 5.41) is 13.5. The van der Waals surface area contributed by atoms with E-state index in [4.69, 9.17) is 8.83 Å². The van der Waals surface area contributed by atoms with Gasteiger partial charge < -0.3 is 13.9 Å². The molecule has 2 aromatic carbocycles. The van der Waals surface area contributed by atoms with E-state index in [1.807, 2.05) is 0 Å². The molecule has 102 valence electrons. The van der Waals surface area contributed by atoms with Gasteiger partial charge in [0, 0.05) is 22.4 Å². The summed E-state index contributed by atoms with van der Waals surface area (Å²) in [7, 11) is 0. The lowest BCUT2D eigenvalue weighted by Crippen LogP contribution is -2.06. The molecule has 0 aliphatic heterocycles. The minimum Gasteiger partial charge on any atom is -0.578 e. The van der Waals surface area contributed by atoms with Crippen molar-refractivity contribution < 1.29 is 13.9 Å². The first-order valence-corrected chi connectivity index (χ1v) is 6.24. The maximum atomic E-state index is 12.0. The quantitative estimate of drug-likeness (QED) is 0.363. The molecule has 0 saturated carbocycles. The maximum Gasteiger partial charge on any atom is 0.346 e. The average Bonchev–Trinajstić information content (AvgIpc) is 2.46. The van der Waals surface area contributed by atoms with Gasteiger partial charge in [0.05, 0.1) is 11.3 Å². The first kappa shape index (κ1) is 11.7. The van der Waals surface area contributed by atoms with Crippen LogP contribution < -0.4 is 16.2 Å². The summed E-state index contributed by atoms with van der Waals surface area (Å²) in [5.74, 6) is -0.745. The molecule has 4 rings (SSSR count). The second-order valence-electron chi connectivity index (χ2n) is 4.68. The van der Waals surface area contributed by atoms with Crippen molar-refractivity contribution in [2.75, 3.05) is 0 Å². The third kappa shape index (κ3) is 1.57. The molecule has 5 nitrogen and oxygen atoms in total. The summed E-state index contributed by atoms with van der Waals surface area (Å²) in [6.45, 7) is 0. The van der Waals surface area contributed by atoms with Crippen molar-refractivity contribution in [3.05, 3.63) is 63.1 Å². The third-order valence-electron chi connectivity index (χ3n) is 3.44. The van der Waals surface area contributed by atoms with Crippen LogP contribution in [-0.4, -0.2) is 0 Å². The van der Waals surface area contributed by atoms with Crippen LogP contribution in [0, 0.1) is 0 Å². The van der Waals surface area contributed by atoms with Gasteiger partial charge in [-0.05, 0) is 23.6 Å². The van der Waals surface area contributed by atoms with Gasteiger partial charge in [0.2, 0.25) is 0 Å². The maximum absolute atomic E-state index is 12.0. The van der Waals surface area contributed by atoms with Crippen LogP contribution in [0.3, 0.4) is 0 Å². The van der Waals surface area contributed by atoms with Crippen molar-refractivity contribution in [3.63, 3.8) is 0 Å². The van der Waals surface area contributed by atoms with Crippen LogP contribution >= 0.6 is 0 Å². The molecule has 2 heterocycles. The fourth-order valence-electron chi connectivity index (χ4n) is 2.56. The average molecular weight is 279 g/mol. The van der Waals surface area contributed by atoms with Crippen LogP contribution in [0.4, 0.5) is 0 Å². The molecule has 0 spiro atoms. The van der Waals surface area contributed by atoms with Crippen molar-refractivity contribution >= 4 is 32.7 Å². The lowest BCUT2D eigenvalue weighted by atomic mass is 10.0. The Balaban J connectivity index is 2.46. The highest BCUT2D eigenvalue weighted by atomic mass is 16.5. The van der Waals surface area contributed by atoms with Crippen molar-refractivity contribution in [1.82, 2.24) is 0 Å². The van der Waals surface area contributed by atoms with Crippen LogP contribution in [0.5, 0.6) is 5.95 Å². The summed E-state index contributed by atoms with van der Waals surface area (Å²) in [5.41, 5.74) is -0.524. The van der Waals surface area contributed by atoms with E-state index >= 15 is 0 Å². The Labute approximate surface area is 116 Å². The third-order valence-corrected chi connectivity index (χ3v) is 3.44. The van der Waals surface area contributed by atoms with Gasteiger partial charge in [-0.15, -0.1) is 0 Å². The Morgan fingerprint density at radius 1 is 0.810 bits per heavy atom. The lowest BCUT2D eigenvalue weighted by Gasteiger charge is -2.13. The van der Waals surface area contributed by atoms with Gasteiger partial charge in [0.25, 0.3) is 0 Å². The number of hydrogen-bond acceptors (Lipinski definition) is 5. The number of rotatable bonds is 0. The molecule has 0 N–H and O–H groups in total. The summed E-state index contributed by atoms with van der Waals surface area (Å²) in [4.78, 5) is 23.5. The molecule has 0 aliphatic rings. The zero-order valence-electron chi connectivity index (χ0n) is 10.6. The molecule has 0 bridgehead atoms. The Hall–Kier alpha value is -3.08. The molecular formula is C16H7O5-. The Kier molecular flexibility index (Phi) is 2.21. The Morgan fingerprint density at radius 2 is 1.57 bits per heavy atom. The minimum atomic E-state index is -0.803. The van der Waals surface area contributed by atoms with Crippen molar-refractivity contribution in [2.45, 2.75) is 0 Å². The van der Waals surface area contributed by atoms with Crippen LogP contribution in [0.2, 0.25) is 0 Å². The topological polar surface area (TPSA) is 83.5 Å². The van der Waals surface area contributed by atoms with Gasteiger partial charge >= 0.3 is 5.63 Å². The molecule has 0 radical (unpaired) electrons. The second-order valence-corrected chi connectivity index (χ2v) is 4.68. The lowest BCUT2D eigenvalue weighted by molar-refractivity contribution is -0.291.